The summed E-state index contributed by atoms with van der Waals surface area (Å²) < 4.78 is 40.6. The summed E-state index contributed by atoms with van der Waals surface area (Å²) in [6.45, 7) is 1.89. The summed E-state index contributed by atoms with van der Waals surface area (Å²) in [5, 5.41) is 0.895. The van der Waals surface area contributed by atoms with Crippen molar-refractivity contribution in [3.8, 4) is 0 Å². The lowest BCUT2D eigenvalue weighted by Crippen LogP contribution is -2.23. The van der Waals surface area contributed by atoms with E-state index in [0.717, 1.165) is 5.56 Å². The number of hydrogen-bond acceptors (Lipinski definition) is 1. The molecule has 6 heteroatoms. The second-order valence-corrected chi connectivity index (χ2v) is 5.95. The van der Waals surface area contributed by atoms with E-state index in [2.05, 4.69) is 0 Å². The average molecular weight is 352 g/mol. The molecule has 0 saturated heterocycles. The molecule has 0 unspecified atom stereocenters. The van der Waals surface area contributed by atoms with E-state index in [1.54, 1.807) is 41.0 Å². The molecule has 2 aromatic carbocycles. The standard InChI is InChI=1S/C18H13ClF3NO/c1-11-16(17(24)18(20,21)22)14-4-2-3-5-15(14)23(11)10-12-6-8-13(19)9-7-12/h2-9H,10H2,1H3. The summed E-state index contributed by atoms with van der Waals surface area (Å²) >= 11 is 5.86. The van der Waals surface area contributed by atoms with Gasteiger partial charge in [-0.1, -0.05) is 41.9 Å². The minimum Gasteiger partial charge on any atom is -0.340 e. The predicted molar refractivity (Wildman–Crippen MR) is 87.6 cm³/mol. The molecule has 0 aliphatic rings. The third-order valence-corrected chi connectivity index (χ3v) is 4.22. The van der Waals surface area contributed by atoms with Crippen LogP contribution in [0.4, 0.5) is 13.2 Å². The average Bonchev–Trinajstić information content (AvgIpc) is 2.80. The van der Waals surface area contributed by atoms with Crippen LogP contribution in [-0.2, 0) is 6.54 Å². The van der Waals surface area contributed by atoms with Crippen molar-refractivity contribution >= 4 is 28.3 Å². The molecule has 0 fully saturated rings. The number of ketones is 1. The van der Waals surface area contributed by atoms with Crippen LogP contribution in [0.1, 0.15) is 21.6 Å². The fraction of sp³-hybridized carbons (Fsp3) is 0.167. The molecule has 0 amide bonds. The maximum atomic E-state index is 12.9. The molecule has 124 valence electrons. The number of hydrogen-bond donors (Lipinski definition) is 0. The van der Waals surface area contributed by atoms with Gasteiger partial charge in [0.05, 0.1) is 5.56 Å². The van der Waals surface area contributed by atoms with Crippen molar-refractivity contribution in [3.05, 3.63) is 70.4 Å². The highest BCUT2D eigenvalue weighted by atomic mass is 35.5. The number of alkyl halides is 3. The van der Waals surface area contributed by atoms with Crippen LogP contribution in [0, 0.1) is 6.92 Å². The van der Waals surface area contributed by atoms with Crippen LogP contribution in [-0.4, -0.2) is 16.5 Å². The number of aromatic nitrogens is 1. The fourth-order valence-electron chi connectivity index (χ4n) is 2.84. The van der Waals surface area contributed by atoms with Gasteiger partial charge in [-0.25, -0.2) is 0 Å². The van der Waals surface area contributed by atoms with E-state index in [-0.39, 0.29) is 5.56 Å². The topological polar surface area (TPSA) is 22.0 Å². The van der Waals surface area contributed by atoms with Crippen molar-refractivity contribution in [1.82, 2.24) is 4.57 Å². The highest BCUT2D eigenvalue weighted by molar-refractivity contribution is 6.30. The van der Waals surface area contributed by atoms with E-state index in [4.69, 9.17) is 11.6 Å². The van der Waals surface area contributed by atoms with Crippen molar-refractivity contribution < 1.29 is 18.0 Å². The van der Waals surface area contributed by atoms with Gasteiger partial charge in [-0.2, -0.15) is 13.2 Å². The second kappa shape index (κ2) is 5.98. The van der Waals surface area contributed by atoms with Crippen molar-refractivity contribution in [2.75, 3.05) is 0 Å². The number of halogens is 4. The smallest absolute Gasteiger partial charge is 0.340 e. The van der Waals surface area contributed by atoms with Crippen LogP contribution in [0.2, 0.25) is 5.02 Å². The van der Waals surface area contributed by atoms with Gasteiger partial charge >= 0.3 is 6.18 Å². The van der Waals surface area contributed by atoms with Gasteiger partial charge in [0.1, 0.15) is 0 Å². The van der Waals surface area contributed by atoms with Crippen LogP contribution in [0.15, 0.2) is 48.5 Å². The fourth-order valence-corrected chi connectivity index (χ4v) is 2.96. The minimum absolute atomic E-state index is 0.285. The van der Waals surface area contributed by atoms with Crippen LogP contribution in [0.25, 0.3) is 10.9 Å². The first kappa shape index (κ1) is 16.6. The summed E-state index contributed by atoms with van der Waals surface area (Å²) in [4.78, 5) is 11.9. The number of Topliss-reactive ketones (excluding diaryl/α,β-unsaturated/α-hetero) is 1. The molecule has 0 spiro atoms. The van der Waals surface area contributed by atoms with Gasteiger partial charge in [-0.3, -0.25) is 4.79 Å². The van der Waals surface area contributed by atoms with E-state index < -0.39 is 12.0 Å². The van der Waals surface area contributed by atoms with E-state index in [1.165, 1.54) is 6.92 Å². The van der Waals surface area contributed by atoms with Crippen LogP contribution < -0.4 is 0 Å². The molecule has 0 saturated carbocycles. The molecule has 1 aromatic heterocycles. The summed E-state index contributed by atoms with van der Waals surface area (Å²) in [7, 11) is 0. The number of fused-ring (bicyclic) bond motifs is 1. The first-order valence-electron chi connectivity index (χ1n) is 7.23. The highest BCUT2D eigenvalue weighted by Gasteiger charge is 2.42. The van der Waals surface area contributed by atoms with Gasteiger partial charge in [0, 0.05) is 28.2 Å². The van der Waals surface area contributed by atoms with Gasteiger partial charge in [-0.05, 0) is 30.7 Å². The molecular formula is C18H13ClF3NO. The maximum absolute atomic E-state index is 12.9. The van der Waals surface area contributed by atoms with Gasteiger partial charge in [0.15, 0.2) is 0 Å². The Kier molecular flexibility index (Phi) is 4.13. The van der Waals surface area contributed by atoms with E-state index >= 15 is 0 Å². The number of nitrogens with zero attached hydrogens (tertiary/aromatic N) is 1. The Hall–Kier alpha value is -2.27. The Morgan fingerprint density at radius 1 is 1.08 bits per heavy atom. The quantitative estimate of drug-likeness (QED) is 0.579. The zero-order valence-corrected chi connectivity index (χ0v) is 13.4. The third kappa shape index (κ3) is 2.91. The van der Waals surface area contributed by atoms with Gasteiger partial charge in [-0.15, -0.1) is 0 Å². The van der Waals surface area contributed by atoms with Gasteiger partial charge in [0.25, 0.3) is 5.78 Å². The molecule has 2 nitrogen and oxygen atoms in total. The molecule has 0 aliphatic heterocycles. The molecule has 0 N–H and O–H groups in total. The zero-order valence-electron chi connectivity index (χ0n) is 12.7. The number of benzene rings is 2. The number of carbonyl (C=O) groups excluding carboxylic acids is 1. The lowest BCUT2D eigenvalue weighted by molar-refractivity contribution is -0.0884. The lowest BCUT2D eigenvalue weighted by atomic mass is 10.1. The number of carbonyl (C=O) groups is 1. The Morgan fingerprint density at radius 2 is 1.71 bits per heavy atom. The predicted octanol–water partition coefficient (Wildman–Crippen LogP) is 5.40. The third-order valence-electron chi connectivity index (χ3n) is 3.97. The highest BCUT2D eigenvalue weighted by Crippen LogP contribution is 2.32. The molecule has 1 heterocycles. The lowest BCUT2D eigenvalue weighted by Gasteiger charge is -2.10. The second-order valence-electron chi connectivity index (χ2n) is 5.52. The van der Waals surface area contributed by atoms with Crippen LogP contribution in [0.3, 0.4) is 0 Å². The van der Waals surface area contributed by atoms with Crippen molar-refractivity contribution in [1.29, 1.82) is 0 Å². The van der Waals surface area contributed by atoms with Crippen molar-refractivity contribution in [2.24, 2.45) is 0 Å². The Balaban J connectivity index is 2.17. The summed E-state index contributed by atoms with van der Waals surface area (Å²) in [5.74, 6) is -1.81. The first-order valence-corrected chi connectivity index (χ1v) is 7.60. The molecule has 0 radical (unpaired) electrons. The van der Waals surface area contributed by atoms with Gasteiger partial charge in [0.2, 0.25) is 0 Å². The first-order chi connectivity index (χ1) is 11.3. The number of para-hydroxylation sites is 1. The summed E-state index contributed by atoms with van der Waals surface area (Å²) in [5.41, 5.74) is 1.49. The largest absolute Gasteiger partial charge is 0.454 e. The SMILES string of the molecule is Cc1c(C(=O)C(F)(F)F)c2ccccc2n1Cc1ccc(Cl)cc1. The van der Waals surface area contributed by atoms with Crippen molar-refractivity contribution in [2.45, 2.75) is 19.6 Å². The Bertz CT molecular complexity index is 910. The normalized spacial score (nSPS) is 11.9. The summed E-state index contributed by atoms with van der Waals surface area (Å²) in [6.07, 6.45) is -4.90. The van der Waals surface area contributed by atoms with E-state index in [0.29, 0.717) is 28.2 Å². The Morgan fingerprint density at radius 3 is 2.33 bits per heavy atom. The molecule has 3 rings (SSSR count). The number of rotatable bonds is 3. The molecular weight excluding hydrogens is 339 g/mol. The molecule has 24 heavy (non-hydrogen) atoms. The monoisotopic (exact) mass is 351 g/mol. The minimum atomic E-state index is -4.90. The molecule has 3 aromatic rings. The molecule has 0 aliphatic carbocycles. The van der Waals surface area contributed by atoms with Crippen LogP contribution in [0.5, 0.6) is 0 Å². The van der Waals surface area contributed by atoms with Crippen LogP contribution >= 0.6 is 11.6 Å². The van der Waals surface area contributed by atoms with E-state index in [9.17, 15) is 18.0 Å². The molecule has 0 bridgehead atoms. The maximum Gasteiger partial charge on any atom is 0.454 e. The van der Waals surface area contributed by atoms with Crippen molar-refractivity contribution in [3.63, 3.8) is 0 Å². The zero-order chi connectivity index (χ0) is 17.5. The summed E-state index contributed by atoms with van der Waals surface area (Å²) in [6, 6.07) is 13.7. The molecule has 0 atom stereocenters. The Labute approximate surface area is 141 Å². The van der Waals surface area contributed by atoms with Gasteiger partial charge < -0.3 is 4.57 Å². The van der Waals surface area contributed by atoms with E-state index in [1.807, 2.05) is 12.1 Å².